The zero-order chi connectivity index (χ0) is 15.2. The summed E-state index contributed by atoms with van der Waals surface area (Å²) in [5.41, 5.74) is 0.497. The highest BCUT2D eigenvalue weighted by atomic mass is 35.5. The molecule has 1 aliphatic heterocycles. The Morgan fingerprint density at radius 1 is 1.43 bits per heavy atom. The zero-order valence-electron chi connectivity index (χ0n) is 12.2. The predicted molar refractivity (Wildman–Crippen MR) is 88.2 cm³/mol. The van der Waals surface area contributed by atoms with Gasteiger partial charge in [-0.15, -0.1) is 0 Å². The van der Waals surface area contributed by atoms with E-state index in [2.05, 4.69) is 22.5 Å². The van der Waals surface area contributed by atoms with Crippen LogP contribution in [-0.4, -0.2) is 43.0 Å². The van der Waals surface area contributed by atoms with Gasteiger partial charge in [0.2, 0.25) is 5.91 Å². The maximum absolute atomic E-state index is 12.1. The van der Waals surface area contributed by atoms with E-state index >= 15 is 0 Å². The van der Waals surface area contributed by atoms with E-state index in [1.54, 1.807) is 18.2 Å². The molecule has 1 amide bonds. The van der Waals surface area contributed by atoms with E-state index in [9.17, 15) is 4.79 Å². The Morgan fingerprint density at radius 2 is 2.14 bits per heavy atom. The second-order valence-corrected chi connectivity index (χ2v) is 5.98. The van der Waals surface area contributed by atoms with E-state index in [-0.39, 0.29) is 5.91 Å². The van der Waals surface area contributed by atoms with Crippen LogP contribution in [-0.2, 0) is 4.79 Å². The first-order valence-corrected chi connectivity index (χ1v) is 8.06. The molecular formula is C15H21Cl2N3O. The van der Waals surface area contributed by atoms with Crippen molar-refractivity contribution in [3.8, 4) is 0 Å². The second-order valence-electron chi connectivity index (χ2n) is 5.17. The number of likely N-dealkylation sites (N-methyl/N-ethyl adjacent to an activating group) is 1. The lowest BCUT2D eigenvalue weighted by molar-refractivity contribution is -0.116. The summed E-state index contributed by atoms with van der Waals surface area (Å²) in [5, 5.41) is 7.08. The molecule has 1 aromatic rings. The summed E-state index contributed by atoms with van der Waals surface area (Å²) < 4.78 is 0. The van der Waals surface area contributed by atoms with Crippen molar-refractivity contribution >= 4 is 34.8 Å². The molecule has 6 heteroatoms. The first-order valence-electron chi connectivity index (χ1n) is 7.30. The smallest absolute Gasteiger partial charge is 0.225 e. The lowest BCUT2D eigenvalue weighted by Crippen LogP contribution is -2.38. The fraction of sp³-hybridized carbons (Fsp3) is 0.533. The minimum Gasteiger partial charge on any atom is -0.324 e. The van der Waals surface area contributed by atoms with Gasteiger partial charge in [-0.25, -0.2) is 0 Å². The summed E-state index contributed by atoms with van der Waals surface area (Å²) in [6.45, 7) is 5.89. The van der Waals surface area contributed by atoms with Crippen LogP contribution in [0.1, 0.15) is 19.8 Å². The summed E-state index contributed by atoms with van der Waals surface area (Å²) in [6, 6.07) is 5.72. The predicted octanol–water partition coefficient (Wildman–Crippen LogP) is 3.01. The number of benzene rings is 1. The van der Waals surface area contributed by atoms with Crippen LogP contribution >= 0.6 is 23.2 Å². The number of carbonyl (C=O) groups is 1. The number of nitrogens with one attached hydrogen (secondary N) is 2. The molecule has 2 N–H and O–H groups in total. The van der Waals surface area contributed by atoms with Crippen molar-refractivity contribution in [2.45, 2.75) is 25.8 Å². The number of para-hydroxylation sites is 1. The highest BCUT2D eigenvalue weighted by Gasteiger charge is 2.21. The van der Waals surface area contributed by atoms with E-state index in [0.717, 1.165) is 32.6 Å². The molecule has 0 aromatic heterocycles. The largest absolute Gasteiger partial charge is 0.324 e. The van der Waals surface area contributed by atoms with Gasteiger partial charge in [-0.05, 0) is 31.6 Å². The quantitative estimate of drug-likeness (QED) is 0.843. The van der Waals surface area contributed by atoms with Crippen molar-refractivity contribution in [3.63, 3.8) is 0 Å². The Hall–Kier alpha value is -0.810. The molecule has 116 valence electrons. The average molecular weight is 330 g/mol. The number of rotatable bonds is 6. The zero-order valence-corrected chi connectivity index (χ0v) is 13.7. The van der Waals surface area contributed by atoms with Gasteiger partial charge in [0.1, 0.15) is 0 Å². The van der Waals surface area contributed by atoms with Crippen LogP contribution < -0.4 is 10.6 Å². The Bertz CT molecular complexity index is 470. The Balaban J connectivity index is 1.86. The summed E-state index contributed by atoms with van der Waals surface area (Å²) in [5.74, 6) is -0.0607. The van der Waals surface area contributed by atoms with Crippen LogP contribution in [0.3, 0.4) is 0 Å². The third kappa shape index (κ3) is 4.58. The van der Waals surface area contributed by atoms with Gasteiger partial charge in [-0.3, -0.25) is 9.69 Å². The van der Waals surface area contributed by atoms with Crippen molar-refractivity contribution in [1.82, 2.24) is 10.2 Å². The van der Waals surface area contributed by atoms with E-state index in [0.29, 0.717) is 28.2 Å². The van der Waals surface area contributed by atoms with Gasteiger partial charge in [-0.1, -0.05) is 36.2 Å². The molecule has 1 saturated heterocycles. The fourth-order valence-corrected chi connectivity index (χ4v) is 3.11. The van der Waals surface area contributed by atoms with Crippen molar-refractivity contribution in [2.75, 3.05) is 31.5 Å². The van der Waals surface area contributed by atoms with Gasteiger partial charge in [0, 0.05) is 25.6 Å². The summed E-state index contributed by atoms with van der Waals surface area (Å²) in [6.07, 6.45) is 1.58. The molecule has 2 rings (SSSR count). The molecule has 1 unspecified atom stereocenters. The molecule has 0 radical (unpaired) electrons. The van der Waals surface area contributed by atoms with Crippen LogP contribution in [0, 0.1) is 0 Å². The molecule has 0 aliphatic carbocycles. The highest BCUT2D eigenvalue weighted by molar-refractivity contribution is 6.39. The topological polar surface area (TPSA) is 44.4 Å². The number of amides is 1. The van der Waals surface area contributed by atoms with Crippen LogP contribution in [0.2, 0.25) is 10.0 Å². The SMILES string of the molecule is CCN(CCC(=O)Nc1c(Cl)cccc1Cl)C1CCNC1. The molecule has 21 heavy (non-hydrogen) atoms. The summed E-state index contributed by atoms with van der Waals surface area (Å²) in [4.78, 5) is 14.4. The monoisotopic (exact) mass is 329 g/mol. The number of halogens is 2. The molecule has 1 aliphatic rings. The molecule has 1 aromatic carbocycles. The Kier molecular flexibility index (Phi) is 6.30. The van der Waals surface area contributed by atoms with Crippen molar-refractivity contribution in [3.05, 3.63) is 28.2 Å². The number of anilines is 1. The fourth-order valence-electron chi connectivity index (χ4n) is 2.61. The van der Waals surface area contributed by atoms with Gasteiger partial charge < -0.3 is 10.6 Å². The number of hydrogen-bond donors (Lipinski definition) is 2. The lowest BCUT2D eigenvalue weighted by Gasteiger charge is -2.26. The van der Waals surface area contributed by atoms with Crippen LogP contribution in [0.15, 0.2) is 18.2 Å². The standard InChI is InChI=1S/C15H21Cl2N3O/c1-2-20(11-6-8-18-10-11)9-7-14(21)19-15-12(16)4-3-5-13(15)17/h3-5,11,18H,2,6-10H2,1H3,(H,19,21). The normalized spacial score (nSPS) is 18.2. The van der Waals surface area contributed by atoms with Gasteiger partial charge in [-0.2, -0.15) is 0 Å². The molecular weight excluding hydrogens is 309 g/mol. The number of nitrogens with zero attached hydrogens (tertiary/aromatic N) is 1. The maximum Gasteiger partial charge on any atom is 0.225 e. The van der Waals surface area contributed by atoms with Crippen molar-refractivity contribution in [1.29, 1.82) is 0 Å². The van der Waals surface area contributed by atoms with E-state index in [1.165, 1.54) is 0 Å². The molecule has 4 nitrogen and oxygen atoms in total. The minimum atomic E-state index is -0.0607. The third-order valence-electron chi connectivity index (χ3n) is 3.81. The minimum absolute atomic E-state index is 0.0607. The highest BCUT2D eigenvalue weighted by Crippen LogP contribution is 2.29. The summed E-state index contributed by atoms with van der Waals surface area (Å²) in [7, 11) is 0. The second kappa shape index (κ2) is 7.99. The molecule has 1 heterocycles. The Morgan fingerprint density at radius 3 is 2.71 bits per heavy atom. The first kappa shape index (κ1) is 16.6. The first-order chi connectivity index (χ1) is 10.1. The van der Waals surface area contributed by atoms with Gasteiger partial charge in [0.15, 0.2) is 0 Å². The third-order valence-corrected chi connectivity index (χ3v) is 4.44. The lowest BCUT2D eigenvalue weighted by atomic mass is 10.2. The molecule has 1 fully saturated rings. The number of carbonyl (C=O) groups excluding carboxylic acids is 1. The maximum atomic E-state index is 12.1. The van der Waals surface area contributed by atoms with Gasteiger partial charge in [0.05, 0.1) is 15.7 Å². The number of hydrogen-bond acceptors (Lipinski definition) is 3. The molecule has 0 saturated carbocycles. The van der Waals surface area contributed by atoms with Crippen LogP contribution in [0.5, 0.6) is 0 Å². The molecule has 0 bridgehead atoms. The van der Waals surface area contributed by atoms with E-state index < -0.39 is 0 Å². The van der Waals surface area contributed by atoms with Crippen molar-refractivity contribution in [2.24, 2.45) is 0 Å². The molecule has 0 spiro atoms. The van der Waals surface area contributed by atoms with Gasteiger partial charge >= 0.3 is 0 Å². The van der Waals surface area contributed by atoms with E-state index in [1.807, 2.05) is 0 Å². The van der Waals surface area contributed by atoms with Gasteiger partial charge in [0.25, 0.3) is 0 Å². The van der Waals surface area contributed by atoms with Crippen molar-refractivity contribution < 1.29 is 4.79 Å². The summed E-state index contributed by atoms with van der Waals surface area (Å²) >= 11 is 12.1. The van der Waals surface area contributed by atoms with Crippen LogP contribution in [0.4, 0.5) is 5.69 Å². The molecule has 1 atom stereocenters. The van der Waals surface area contributed by atoms with E-state index in [4.69, 9.17) is 23.2 Å². The van der Waals surface area contributed by atoms with Crippen LogP contribution in [0.25, 0.3) is 0 Å². The Labute approximate surface area is 135 Å². The average Bonchev–Trinajstić information content (AvgIpc) is 2.98.